The van der Waals surface area contributed by atoms with Crippen LogP contribution < -0.4 is 5.32 Å². The Morgan fingerprint density at radius 2 is 2.28 bits per heavy atom. The average Bonchev–Trinajstić information content (AvgIpc) is 2.78. The fraction of sp³-hybridized carbons (Fsp3) is 0.333. The summed E-state index contributed by atoms with van der Waals surface area (Å²) in [4.78, 5) is 20.0. The first-order valence-electron chi connectivity index (χ1n) is 5.83. The van der Waals surface area contributed by atoms with Gasteiger partial charge in [-0.15, -0.1) is 5.10 Å². The molecule has 0 saturated carbocycles. The van der Waals surface area contributed by atoms with E-state index >= 15 is 0 Å². The van der Waals surface area contributed by atoms with E-state index in [0.29, 0.717) is 5.69 Å². The molecule has 2 N–H and O–H groups in total. The van der Waals surface area contributed by atoms with E-state index in [4.69, 9.17) is 0 Å². The molecule has 0 saturated heterocycles. The number of carbonyl (C=O) groups is 1. The van der Waals surface area contributed by atoms with Crippen LogP contribution in [-0.4, -0.2) is 26.1 Å². The van der Waals surface area contributed by atoms with Crippen molar-refractivity contribution in [3.05, 3.63) is 35.7 Å². The van der Waals surface area contributed by atoms with Gasteiger partial charge in [-0.2, -0.15) is 0 Å². The average molecular weight is 245 g/mol. The lowest BCUT2D eigenvalue weighted by Crippen LogP contribution is -2.14. The van der Waals surface area contributed by atoms with Gasteiger partial charge < -0.3 is 5.32 Å². The van der Waals surface area contributed by atoms with Crippen molar-refractivity contribution in [1.82, 2.24) is 20.2 Å². The maximum atomic E-state index is 11.9. The van der Waals surface area contributed by atoms with Crippen molar-refractivity contribution >= 4 is 11.6 Å². The third-order valence-corrected chi connectivity index (χ3v) is 2.35. The summed E-state index contributed by atoms with van der Waals surface area (Å²) in [6.07, 6.45) is 5.05. The summed E-state index contributed by atoms with van der Waals surface area (Å²) in [5, 5.41) is 9.34. The largest absolute Gasteiger partial charge is 0.318 e. The number of rotatable bonds is 4. The molecule has 0 aliphatic heterocycles. The van der Waals surface area contributed by atoms with Crippen molar-refractivity contribution in [3.8, 4) is 0 Å². The van der Waals surface area contributed by atoms with Crippen LogP contribution in [0.4, 0.5) is 5.69 Å². The first-order chi connectivity index (χ1) is 8.69. The van der Waals surface area contributed by atoms with Gasteiger partial charge in [-0.3, -0.25) is 14.9 Å². The first kappa shape index (κ1) is 12.2. The van der Waals surface area contributed by atoms with E-state index in [1.165, 1.54) is 0 Å². The molecule has 0 spiro atoms. The highest BCUT2D eigenvalue weighted by molar-refractivity contribution is 6.01. The number of carbonyl (C=O) groups excluding carboxylic acids is 1. The molecule has 94 valence electrons. The molecule has 0 unspecified atom stereocenters. The number of aryl methyl sites for hydroxylation is 2. The molecule has 2 heterocycles. The number of hydrogen-bond donors (Lipinski definition) is 2. The Morgan fingerprint density at radius 1 is 1.44 bits per heavy atom. The maximum absolute atomic E-state index is 11.9. The van der Waals surface area contributed by atoms with Gasteiger partial charge in [-0.05, 0) is 25.0 Å². The second kappa shape index (κ2) is 5.39. The van der Waals surface area contributed by atoms with Gasteiger partial charge in [0.2, 0.25) is 5.82 Å². The summed E-state index contributed by atoms with van der Waals surface area (Å²) in [7, 11) is 0. The van der Waals surface area contributed by atoms with Crippen molar-refractivity contribution in [1.29, 1.82) is 0 Å². The van der Waals surface area contributed by atoms with Crippen LogP contribution in [0.2, 0.25) is 0 Å². The molecule has 0 atom stereocenters. The lowest BCUT2D eigenvalue weighted by Gasteiger charge is -2.02. The highest BCUT2D eigenvalue weighted by Crippen LogP contribution is 2.08. The fourth-order valence-corrected chi connectivity index (χ4v) is 1.56. The van der Waals surface area contributed by atoms with Crippen LogP contribution in [0.15, 0.2) is 18.5 Å². The van der Waals surface area contributed by atoms with Crippen LogP contribution in [0.3, 0.4) is 0 Å². The molecule has 2 aromatic rings. The predicted molar refractivity (Wildman–Crippen MR) is 67.3 cm³/mol. The summed E-state index contributed by atoms with van der Waals surface area (Å²) < 4.78 is 0. The predicted octanol–water partition coefficient (Wildman–Crippen LogP) is 1.71. The van der Waals surface area contributed by atoms with Crippen LogP contribution in [0.25, 0.3) is 0 Å². The van der Waals surface area contributed by atoms with Crippen LogP contribution in [0.5, 0.6) is 0 Å². The summed E-state index contributed by atoms with van der Waals surface area (Å²) in [5.41, 5.74) is 1.62. The highest BCUT2D eigenvalue weighted by atomic mass is 16.2. The van der Waals surface area contributed by atoms with Gasteiger partial charge in [0.15, 0.2) is 0 Å². The second-order valence-electron chi connectivity index (χ2n) is 4.06. The number of nitrogens with one attached hydrogen (secondary N) is 2. The molecule has 1 amide bonds. The fourth-order valence-electron chi connectivity index (χ4n) is 1.56. The summed E-state index contributed by atoms with van der Waals surface area (Å²) in [5.74, 6) is 0.547. The van der Waals surface area contributed by atoms with Crippen molar-refractivity contribution in [2.45, 2.75) is 26.7 Å². The first-order valence-corrected chi connectivity index (χ1v) is 5.83. The monoisotopic (exact) mass is 245 g/mol. The molecule has 0 bridgehead atoms. The summed E-state index contributed by atoms with van der Waals surface area (Å²) in [6, 6.07) is 1.84. The molecule has 0 aliphatic rings. The van der Waals surface area contributed by atoms with Gasteiger partial charge in [0.1, 0.15) is 5.82 Å². The SMILES string of the molecule is CCCc1nc(C(=O)Nc2cncc(C)c2)n[nH]1. The van der Waals surface area contributed by atoms with E-state index < -0.39 is 0 Å². The van der Waals surface area contributed by atoms with Crippen LogP contribution >= 0.6 is 0 Å². The van der Waals surface area contributed by atoms with E-state index in [1.807, 2.05) is 19.9 Å². The van der Waals surface area contributed by atoms with Crippen LogP contribution in [0.1, 0.15) is 35.4 Å². The number of nitrogens with zero attached hydrogens (tertiary/aromatic N) is 3. The minimum atomic E-state index is -0.332. The van der Waals surface area contributed by atoms with E-state index in [2.05, 4.69) is 25.5 Å². The minimum absolute atomic E-state index is 0.153. The molecule has 0 fully saturated rings. The molecular weight excluding hydrogens is 230 g/mol. The normalized spacial score (nSPS) is 10.3. The lowest BCUT2D eigenvalue weighted by molar-refractivity contribution is 0.101. The Morgan fingerprint density at radius 3 is 3.00 bits per heavy atom. The van der Waals surface area contributed by atoms with Crippen molar-refractivity contribution in [2.75, 3.05) is 5.32 Å². The van der Waals surface area contributed by atoms with Gasteiger partial charge in [0.25, 0.3) is 5.91 Å². The lowest BCUT2D eigenvalue weighted by atomic mass is 10.3. The Hall–Kier alpha value is -2.24. The van der Waals surface area contributed by atoms with E-state index in [0.717, 1.165) is 24.2 Å². The van der Waals surface area contributed by atoms with Crippen molar-refractivity contribution < 1.29 is 4.79 Å². The van der Waals surface area contributed by atoms with Gasteiger partial charge >= 0.3 is 0 Å². The molecule has 6 heteroatoms. The number of hydrogen-bond acceptors (Lipinski definition) is 4. The van der Waals surface area contributed by atoms with Gasteiger partial charge in [0.05, 0.1) is 11.9 Å². The number of aromatic amines is 1. The Balaban J connectivity index is 2.07. The minimum Gasteiger partial charge on any atom is -0.318 e. The second-order valence-corrected chi connectivity index (χ2v) is 4.06. The van der Waals surface area contributed by atoms with Crippen LogP contribution in [0, 0.1) is 6.92 Å². The van der Waals surface area contributed by atoms with Gasteiger partial charge in [-0.25, -0.2) is 4.98 Å². The smallest absolute Gasteiger partial charge is 0.295 e. The molecular formula is C12H15N5O. The third kappa shape index (κ3) is 2.91. The number of pyridine rings is 1. The standard InChI is InChI=1S/C12H15N5O/c1-3-4-10-15-11(17-16-10)12(18)14-9-5-8(2)6-13-7-9/h5-7H,3-4H2,1-2H3,(H,14,18)(H,15,16,17). The Bertz CT molecular complexity index is 549. The third-order valence-electron chi connectivity index (χ3n) is 2.35. The molecule has 6 nitrogen and oxygen atoms in total. The highest BCUT2D eigenvalue weighted by Gasteiger charge is 2.12. The quantitative estimate of drug-likeness (QED) is 0.859. The zero-order valence-corrected chi connectivity index (χ0v) is 10.4. The molecule has 0 aliphatic carbocycles. The summed E-state index contributed by atoms with van der Waals surface area (Å²) >= 11 is 0. The molecule has 2 aromatic heterocycles. The van der Waals surface area contributed by atoms with E-state index in [1.54, 1.807) is 12.4 Å². The van der Waals surface area contributed by atoms with Crippen molar-refractivity contribution in [3.63, 3.8) is 0 Å². The Kier molecular flexibility index (Phi) is 3.66. The number of amides is 1. The summed E-state index contributed by atoms with van der Waals surface area (Å²) in [6.45, 7) is 3.95. The van der Waals surface area contributed by atoms with Crippen molar-refractivity contribution in [2.24, 2.45) is 0 Å². The molecule has 18 heavy (non-hydrogen) atoms. The van der Waals surface area contributed by atoms with E-state index in [9.17, 15) is 4.79 Å². The maximum Gasteiger partial charge on any atom is 0.295 e. The van der Waals surface area contributed by atoms with E-state index in [-0.39, 0.29) is 11.7 Å². The number of H-pyrrole nitrogens is 1. The molecule has 2 rings (SSSR count). The molecule has 0 aromatic carbocycles. The van der Waals surface area contributed by atoms with Gasteiger partial charge in [-0.1, -0.05) is 6.92 Å². The number of aromatic nitrogens is 4. The topological polar surface area (TPSA) is 83.6 Å². The van der Waals surface area contributed by atoms with Gasteiger partial charge in [0, 0.05) is 12.6 Å². The Labute approximate surface area is 105 Å². The number of anilines is 1. The zero-order valence-electron chi connectivity index (χ0n) is 10.4. The molecule has 0 radical (unpaired) electrons. The van der Waals surface area contributed by atoms with Crippen LogP contribution in [-0.2, 0) is 6.42 Å². The zero-order chi connectivity index (χ0) is 13.0.